The van der Waals surface area contributed by atoms with Crippen LogP contribution in [0.1, 0.15) is 53.4 Å². The zero-order chi connectivity index (χ0) is 18.8. The number of hydrogen-bond donors (Lipinski definition) is 0. The van der Waals surface area contributed by atoms with Gasteiger partial charge in [0.1, 0.15) is 10.7 Å². The number of alkyl halides is 2. The van der Waals surface area contributed by atoms with Crippen LogP contribution < -0.4 is 5.56 Å². The second-order valence-corrected chi connectivity index (χ2v) is 8.68. The van der Waals surface area contributed by atoms with Crippen LogP contribution >= 0.6 is 11.3 Å². The molecule has 0 spiro atoms. The van der Waals surface area contributed by atoms with Crippen LogP contribution in [0.5, 0.6) is 0 Å². The molecule has 4 rings (SSSR count). The van der Waals surface area contributed by atoms with Crippen molar-refractivity contribution in [2.75, 3.05) is 13.1 Å². The fourth-order valence-electron chi connectivity index (χ4n) is 3.97. The van der Waals surface area contributed by atoms with Crippen molar-refractivity contribution in [2.24, 2.45) is 5.92 Å². The molecule has 3 heterocycles. The average Bonchev–Trinajstić information content (AvgIpc) is 3.07. The molecule has 0 atom stereocenters. The fraction of sp³-hybridized carbons (Fsp3) is 0.632. The lowest BCUT2D eigenvalue weighted by molar-refractivity contribution is 0.144. The van der Waals surface area contributed by atoms with Gasteiger partial charge in [-0.3, -0.25) is 14.3 Å². The highest BCUT2D eigenvalue weighted by Crippen LogP contribution is 2.28. The van der Waals surface area contributed by atoms with Crippen molar-refractivity contribution in [1.82, 2.24) is 19.4 Å². The standard InChI is InChI=1S/C19H24F2N4OS/c20-19(21)15-9-18(26)25(12-22-15)10-13-5-7-24(8-6-13)11-17-23-14-3-1-2-4-16(14)27-17/h9,12-13,19H,1-8,10-11H2. The Kier molecular flexibility index (Phi) is 5.63. The fourth-order valence-corrected chi connectivity index (χ4v) is 5.17. The number of nitrogens with zero attached hydrogens (tertiary/aromatic N) is 4. The topological polar surface area (TPSA) is 51.0 Å². The quantitative estimate of drug-likeness (QED) is 0.780. The van der Waals surface area contributed by atoms with Crippen molar-refractivity contribution in [1.29, 1.82) is 0 Å². The maximum Gasteiger partial charge on any atom is 0.280 e. The molecular formula is C19H24F2N4OS. The second-order valence-electron chi connectivity index (χ2n) is 7.51. The van der Waals surface area contributed by atoms with Gasteiger partial charge < -0.3 is 0 Å². The van der Waals surface area contributed by atoms with Gasteiger partial charge in [0, 0.05) is 17.5 Å². The molecular weight excluding hydrogens is 370 g/mol. The minimum absolute atomic E-state index is 0.377. The van der Waals surface area contributed by atoms with E-state index < -0.39 is 17.7 Å². The maximum atomic E-state index is 12.6. The molecule has 0 N–H and O–H groups in total. The maximum absolute atomic E-state index is 12.6. The number of thiazole rings is 1. The summed E-state index contributed by atoms with van der Waals surface area (Å²) in [6.07, 6.45) is 5.40. The molecule has 146 valence electrons. The Labute approximate surface area is 161 Å². The van der Waals surface area contributed by atoms with E-state index in [0.29, 0.717) is 12.5 Å². The van der Waals surface area contributed by atoms with Crippen LogP contribution in [-0.2, 0) is 25.9 Å². The summed E-state index contributed by atoms with van der Waals surface area (Å²) in [5, 5.41) is 1.23. The number of halogens is 2. The lowest BCUT2D eigenvalue weighted by Gasteiger charge is -2.31. The number of rotatable bonds is 5. The highest BCUT2D eigenvalue weighted by Gasteiger charge is 2.22. The summed E-state index contributed by atoms with van der Waals surface area (Å²) in [6, 6.07) is 0.948. The Balaban J connectivity index is 1.30. The number of aromatic nitrogens is 3. The zero-order valence-electron chi connectivity index (χ0n) is 15.2. The first-order valence-electron chi connectivity index (χ1n) is 9.63. The molecule has 1 saturated heterocycles. The Bertz CT molecular complexity index is 819. The molecule has 0 amide bonds. The van der Waals surface area contributed by atoms with E-state index in [1.807, 2.05) is 11.3 Å². The Hall–Kier alpha value is -1.67. The second kappa shape index (κ2) is 8.14. The SMILES string of the molecule is O=c1cc(C(F)F)ncn1CC1CCN(Cc2nc3c(s2)CCCC3)CC1. The molecule has 0 bridgehead atoms. The van der Waals surface area contributed by atoms with E-state index >= 15 is 0 Å². The highest BCUT2D eigenvalue weighted by molar-refractivity contribution is 7.11. The van der Waals surface area contributed by atoms with E-state index in [2.05, 4.69) is 9.88 Å². The number of aryl methyl sites for hydroxylation is 2. The van der Waals surface area contributed by atoms with E-state index in [1.165, 1.54) is 45.7 Å². The molecule has 2 aliphatic rings. The van der Waals surface area contributed by atoms with Gasteiger partial charge in [0.05, 0.1) is 18.6 Å². The van der Waals surface area contributed by atoms with Gasteiger partial charge in [0.2, 0.25) is 0 Å². The van der Waals surface area contributed by atoms with Crippen LogP contribution in [-0.4, -0.2) is 32.5 Å². The van der Waals surface area contributed by atoms with Crippen LogP contribution in [0.4, 0.5) is 8.78 Å². The molecule has 8 heteroatoms. The van der Waals surface area contributed by atoms with Crippen molar-refractivity contribution in [3.05, 3.63) is 44.0 Å². The molecule has 5 nitrogen and oxygen atoms in total. The third-order valence-corrected chi connectivity index (χ3v) is 6.68. The predicted octanol–water partition coefficient (Wildman–Crippen LogP) is 3.43. The first-order valence-corrected chi connectivity index (χ1v) is 10.4. The number of piperidine rings is 1. The van der Waals surface area contributed by atoms with Gasteiger partial charge in [-0.05, 0) is 57.5 Å². The summed E-state index contributed by atoms with van der Waals surface area (Å²) in [7, 11) is 0. The molecule has 0 radical (unpaired) electrons. The largest absolute Gasteiger partial charge is 0.299 e. The Morgan fingerprint density at radius 2 is 2.00 bits per heavy atom. The number of hydrogen-bond acceptors (Lipinski definition) is 5. The number of fused-ring (bicyclic) bond motifs is 1. The van der Waals surface area contributed by atoms with Gasteiger partial charge in [0.25, 0.3) is 12.0 Å². The molecule has 2 aromatic rings. The van der Waals surface area contributed by atoms with Crippen molar-refractivity contribution in [3.8, 4) is 0 Å². The Morgan fingerprint density at radius 1 is 1.22 bits per heavy atom. The Morgan fingerprint density at radius 3 is 2.70 bits per heavy atom. The highest BCUT2D eigenvalue weighted by atomic mass is 32.1. The van der Waals surface area contributed by atoms with Crippen LogP contribution in [0.2, 0.25) is 0 Å². The van der Waals surface area contributed by atoms with Crippen LogP contribution in [0.3, 0.4) is 0 Å². The zero-order valence-corrected chi connectivity index (χ0v) is 16.1. The van der Waals surface area contributed by atoms with E-state index in [4.69, 9.17) is 4.98 Å². The van der Waals surface area contributed by atoms with Crippen LogP contribution in [0.15, 0.2) is 17.2 Å². The third-order valence-electron chi connectivity index (χ3n) is 5.54. The van der Waals surface area contributed by atoms with E-state index in [1.54, 1.807) is 0 Å². The van der Waals surface area contributed by atoms with Gasteiger partial charge >= 0.3 is 0 Å². The smallest absolute Gasteiger partial charge is 0.280 e. The number of likely N-dealkylation sites (tertiary alicyclic amines) is 1. The third kappa shape index (κ3) is 4.43. The van der Waals surface area contributed by atoms with Crippen molar-refractivity contribution >= 4 is 11.3 Å². The van der Waals surface area contributed by atoms with Crippen LogP contribution in [0, 0.1) is 5.92 Å². The molecule has 0 unspecified atom stereocenters. The predicted molar refractivity (Wildman–Crippen MR) is 100 cm³/mol. The van der Waals surface area contributed by atoms with Gasteiger partial charge in [-0.2, -0.15) is 0 Å². The summed E-state index contributed by atoms with van der Waals surface area (Å²) in [5.41, 5.74) is 0.476. The van der Waals surface area contributed by atoms with Crippen molar-refractivity contribution < 1.29 is 8.78 Å². The molecule has 0 saturated carbocycles. The first kappa shape index (κ1) is 18.7. The van der Waals surface area contributed by atoms with E-state index in [-0.39, 0.29) is 0 Å². The lowest BCUT2D eigenvalue weighted by Crippen LogP contribution is -2.36. The van der Waals surface area contributed by atoms with E-state index in [9.17, 15) is 13.6 Å². The molecule has 0 aromatic carbocycles. The minimum atomic E-state index is -2.70. The van der Waals surface area contributed by atoms with Crippen molar-refractivity contribution in [2.45, 2.75) is 58.0 Å². The summed E-state index contributed by atoms with van der Waals surface area (Å²) in [5.74, 6) is 0.377. The van der Waals surface area contributed by atoms with E-state index in [0.717, 1.165) is 45.0 Å². The minimum Gasteiger partial charge on any atom is -0.299 e. The molecule has 1 fully saturated rings. The lowest BCUT2D eigenvalue weighted by atomic mass is 9.97. The molecule has 1 aliphatic heterocycles. The normalized spacial score (nSPS) is 18.8. The summed E-state index contributed by atoms with van der Waals surface area (Å²) < 4.78 is 26.7. The summed E-state index contributed by atoms with van der Waals surface area (Å²) >= 11 is 1.87. The average molecular weight is 394 g/mol. The van der Waals surface area contributed by atoms with Gasteiger partial charge in [-0.15, -0.1) is 11.3 Å². The van der Waals surface area contributed by atoms with Crippen molar-refractivity contribution in [3.63, 3.8) is 0 Å². The monoisotopic (exact) mass is 394 g/mol. The summed E-state index contributed by atoms with van der Waals surface area (Å²) in [6.45, 7) is 3.42. The molecule has 1 aliphatic carbocycles. The van der Waals surface area contributed by atoms with Gasteiger partial charge in [-0.25, -0.2) is 18.7 Å². The van der Waals surface area contributed by atoms with Crippen LogP contribution in [0.25, 0.3) is 0 Å². The first-order chi connectivity index (χ1) is 13.1. The summed E-state index contributed by atoms with van der Waals surface area (Å²) in [4.78, 5) is 24.4. The molecule has 2 aromatic heterocycles. The van der Waals surface area contributed by atoms with Gasteiger partial charge in [-0.1, -0.05) is 0 Å². The molecule has 27 heavy (non-hydrogen) atoms. The van der Waals surface area contributed by atoms with Gasteiger partial charge in [0.15, 0.2) is 0 Å².